The van der Waals surface area contributed by atoms with E-state index < -0.39 is 5.97 Å². The van der Waals surface area contributed by atoms with E-state index in [1.54, 1.807) is 7.11 Å². The van der Waals surface area contributed by atoms with Crippen LogP contribution in [-0.2, 0) is 11.3 Å². The first-order valence-electron chi connectivity index (χ1n) is 7.48. The summed E-state index contributed by atoms with van der Waals surface area (Å²) in [7, 11) is 1.64. The van der Waals surface area contributed by atoms with Gasteiger partial charge in [-0.1, -0.05) is 0 Å². The van der Waals surface area contributed by atoms with E-state index in [1.165, 1.54) is 10.5 Å². The smallest absolute Gasteiger partial charge is 0.161 e. The van der Waals surface area contributed by atoms with Gasteiger partial charge in [-0.05, 0) is 25.1 Å². The van der Waals surface area contributed by atoms with E-state index in [4.69, 9.17) is 9.47 Å². The molecule has 1 aromatic carbocycles. The van der Waals surface area contributed by atoms with Gasteiger partial charge in [0.05, 0.1) is 26.8 Å². The molecule has 0 unspecified atom stereocenters. The van der Waals surface area contributed by atoms with Crippen molar-refractivity contribution in [3.63, 3.8) is 0 Å². The third-order valence-electron chi connectivity index (χ3n) is 4.01. The SMILES string of the molecule is CCOc1ccc(C[NH+]2CCC(C(=O)[O-])CC2)cc1OC. The summed E-state index contributed by atoms with van der Waals surface area (Å²) in [6.45, 7) is 5.17. The molecule has 116 valence electrons. The lowest BCUT2D eigenvalue weighted by molar-refractivity contribution is -0.919. The van der Waals surface area contributed by atoms with E-state index in [0.717, 1.165) is 31.1 Å². The van der Waals surface area contributed by atoms with Crippen molar-refractivity contribution < 1.29 is 24.3 Å². The highest BCUT2D eigenvalue weighted by molar-refractivity contribution is 5.67. The molecular weight excluding hydrogens is 270 g/mol. The van der Waals surface area contributed by atoms with Gasteiger partial charge in [-0.2, -0.15) is 0 Å². The van der Waals surface area contributed by atoms with Gasteiger partial charge >= 0.3 is 0 Å². The minimum Gasteiger partial charge on any atom is -0.550 e. The predicted molar refractivity (Wildman–Crippen MR) is 76.3 cm³/mol. The van der Waals surface area contributed by atoms with E-state index in [2.05, 4.69) is 0 Å². The summed E-state index contributed by atoms with van der Waals surface area (Å²) in [5.41, 5.74) is 1.18. The number of carboxylic acids is 1. The molecule has 1 aliphatic rings. The number of ether oxygens (including phenoxy) is 2. The Labute approximate surface area is 125 Å². The van der Waals surface area contributed by atoms with E-state index in [9.17, 15) is 9.90 Å². The monoisotopic (exact) mass is 293 g/mol. The number of carboxylic acid groups (broad SMARTS) is 1. The molecule has 2 rings (SSSR count). The molecule has 0 aromatic heterocycles. The highest BCUT2D eigenvalue weighted by Crippen LogP contribution is 2.27. The molecule has 5 heteroatoms. The van der Waals surface area contributed by atoms with Crippen molar-refractivity contribution in [1.29, 1.82) is 0 Å². The molecule has 0 atom stereocenters. The first-order valence-corrected chi connectivity index (χ1v) is 7.48. The van der Waals surface area contributed by atoms with Crippen LogP contribution in [0.5, 0.6) is 11.5 Å². The number of benzene rings is 1. The number of rotatable bonds is 6. The second-order valence-electron chi connectivity index (χ2n) is 5.44. The quantitative estimate of drug-likeness (QED) is 0.778. The average Bonchev–Trinajstić information content (AvgIpc) is 2.49. The minimum atomic E-state index is -0.906. The summed E-state index contributed by atoms with van der Waals surface area (Å²) in [6.07, 6.45) is 1.40. The van der Waals surface area contributed by atoms with Crippen LogP contribution in [0.15, 0.2) is 18.2 Å². The summed E-state index contributed by atoms with van der Waals surface area (Å²) in [5.74, 6) is 0.327. The maximum Gasteiger partial charge on any atom is 0.161 e. The Balaban J connectivity index is 1.96. The number of carbonyl (C=O) groups is 1. The molecule has 0 amide bonds. The van der Waals surface area contributed by atoms with Crippen molar-refractivity contribution >= 4 is 5.97 Å². The first-order chi connectivity index (χ1) is 10.1. The van der Waals surface area contributed by atoms with Crippen LogP contribution in [0.2, 0.25) is 0 Å². The van der Waals surface area contributed by atoms with Crippen LogP contribution in [0.25, 0.3) is 0 Å². The third kappa shape index (κ3) is 4.11. The van der Waals surface area contributed by atoms with E-state index in [-0.39, 0.29) is 5.92 Å². The van der Waals surface area contributed by atoms with Crippen LogP contribution in [0.1, 0.15) is 25.3 Å². The van der Waals surface area contributed by atoms with Crippen LogP contribution in [-0.4, -0.2) is 32.8 Å². The largest absolute Gasteiger partial charge is 0.550 e. The zero-order chi connectivity index (χ0) is 15.2. The zero-order valence-electron chi connectivity index (χ0n) is 12.7. The average molecular weight is 293 g/mol. The van der Waals surface area contributed by atoms with Gasteiger partial charge in [0.1, 0.15) is 6.54 Å². The Kier molecular flexibility index (Phi) is 5.44. The number of hydrogen-bond acceptors (Lipinski definition) is 4. The molecule has 1 aliphatic heterocycles. The van der Waals surface area contributed by atoms with Crippen molar-refractivity contribution in [3.05, 3.63) is 23.8 Å². The van der Waals surface area contributed by atoms with E-state index in [0.29, 0.717) is 19.4 Å². The van der Waals surface area contributed by atoms with Crippen LogP contribution < -0.4 is 19.5 Å². The van der Waals surface area contributed by atoms with Crippen molar-refractivity contribution in [3.8, 4) is 11.5 Å². The number of likely N-dealkylation sites (tertiary alicyclic amines) is 1. The van der Waals surface area contributed by atoms with Gasteiger partial charge in [-0.25, -0.2) is 0 Å². The summed E-state index contributed by atoms with van der Waals surface area (Å²) in [6, 6.07) is 5.99. The Morgan fingerprint density at radius 1 is 1.33 bits per heavy atom. The maximum absolute atomic E-state index is 10.9. The van der Waals surface area contributed by atoms with E-state index >= 15 is 0 Å². The summed E-state index contributed by atoms with van der Waals surface area (Å²) >= 11 is 0. The molecule has 1 aromatic rings. The third-order valence-corrected chi connectivity index (χ3v) is 4.01. The number of hydrogen-bond donors (Lipinski definition) is 1. The molecule has 21 heavy (non-hydrogen) atoms. The molecule has 5 nitrogen and oxygen atoms in total. The van der Waals surface area contributed by atoms with Gasteiger partial charge in [0, 0.05) is 30.3 Å². The number of carbonyl (C=O) groups excluding carboxylic acids is 1. The molecule has 0 saturated carbocycles. The highest BCUT2D eigenvalue weighted by atomic mass is 16.5. The molecule has 0 aliphatic carbocycles. The zero-order valence-corrected chi connectivity index (χ0v) is 12.7. The Bertz CT molecular complexity index is 481. The number of methoxy groups -OCH3 is 1. The number of quaternary nitrogens is 1. The molecule has 1 heterocycles. The summed E-state index contributed by atoms with van der Waals surface area (Å²) in [4.78, 5) is 12.3. The maximum atomic E-state index is 10.9. The molecule has 1 saturated heterocycles. The highest BCUT2D eigenvalue weighted by Gasteiger charge is 2.23. The lowest BCUT2D eigenvalue weighted by atomic mass is 9.97. The number of piperidine rings is 1. The second kappa shape index (κ2) is 7.31. The van der Waals surface area contributed by atoms with Crippen LogP contribution >= 0.6 is 0 Å². The first kappa shape index (κ1) is 15.6. The molecular formula is C16H23NO4. The van der Waals surface area contributed by atoms with Crippen molar-refractivity contribution in [2.75, 3.05) is 26.8 Å². The fourth-order valence-electron chi connectivity index (χ4n) is 2.82. The van der Waals surface area contributed by atoms with Crippen molar-refractivity contribution in [2.24, 2.45) is 5.92 Å². The van der Waals surface area contributed by atoms with Crippen molar-refractivity contribution in [1.82, 2.24) is 0 Å². The number of aliphatic carboxylic acids is 1. The Morgan fingerprint density at radius 2 is 2.05 bits per heavy atom. The normalized spacial score (nSPS) is 21.8. The molecule has 0 spiro atoms. The Hall–Kier alpha value is -1.75. The molecule has 0 radical (unpaired) electrons. The standard InChI is InChI=1S/C16H23NO4/c1-3-21-14-5-4-12(10-15(14)20-2)11-17-8-6-13(7-9-17)16(18)19/h4-5,10,13H,3,6-9,11H2,1-2H3,(H,18,19). The van der Waals surface area contributed by atoms with Gasteiger partial charge < -0.3 is 24.3 Å². The lowest BCUT2D eigenvalue weighted by Crippen LogP contribution is -3.11. The Morgan fingerprint density at radius 3 is 2.62 bits per heavy atom. The summed E-state index contributed by atoms with van der Waals surface area (Å²) in [5, 5.41) is 10.9. The molecule has 1 fully saturated rings. The summed E-state index contributed by atoms with van der Waals surface area (Å²) < 4.78 is 10.9. The lowest BCUT2D eigenvalue weighted by Gasteiger charge is -2.29. The predicted octanol–water partition coefficient (Wildman–Crippen LogP) is -0.361. The fourth-order valence-corrected chi connectivity index (χ4v) is 2.82. The topological polar surface area (TPSA) is 63.0 Å². The van der Waals surface area contributed by atoms with Crippen molar-refractivity contribution in [2.45, 2.75) is 26.3 Å². The van der Waals surface area contributed by atoms with Gasteiger partial charge in [0.15, 0.2) is 11.5 Å². The van der Waals surface area contributed by atoms with Gasteiger partial charge in [-0.15, -0.1) is 0 Å². The fraction of sp³-hybridized carbons (Fsp3) is 0.562. The minimum absolute atomic E-state index is 0.274. The number of nitrogens with one attached hydrogen (secondary N) is 1. The molecule has 1 N–H and O–H groups in total. The van der Waals surface area contributed by atoms with Crippen LogP contribution in [0.3, 0.4) is 0 Å². The van der Waals surface area contributed by atoms with Gasteiger partial charge in [-0.3, -0.25) is 0 Å². The van der Waals surface area contributed by atoms with Gasteiger partial charge in [0.25, 0.3) is 0 Å². The van der Waals surface area contributed by atoms with E-state index in [1.807, 2.05) is 25.1 Å². The van der Waals surface area contributed by atoms with Crippen LogP contribution in [0.4, 0.5) is 0 Å². The van der Waals surface area contributed by atoms with Crippen LogP contribution in [0, 0.1) is 5.92 Å². The second-order valence-corrected chi connectivity index (χ2v) is 5.44. The molecule has 0 bridgehead atoms. The van der Waals surface area contributed by atoms with Gasteiger partial charge in [0.2, 0.25) is 0 Å².